The summed E-state index contributed by atoms with van der Waals surface area (Å²) in [5.41, 5.74) is 3.00. The number of aromatic nitrogens is 1. The van der Waals surface area contributed by atoms with Gasteiger partial charge in [0.15, 0.2) is 0 Å². The standard InChI is InChI=1S/C6H6.6C5H12.C4H4NP.C4H4S/c1-2-4-6-5-3-1;6*1-5(2,3)4;1-2-5-4-6-3-1;1-2-4-5-3-1/h1-6H;6*1-4H3;1-4H;1-4H. The Bertz CT molecular complexity index is 677. The van der Waals surface area contributed by atoms with Crippen molar-refractivity contribution in [1.29, 1.82) is 0 Å². The number of hydrogen-bond donors (Lipinski definition) is 0. The Morgan fingerprint density at radius 1 is 0.340 bits per heavy atom. The van der Waals surface area contributed by atoms with Gasteiger partial charge in [0.25, 0.3) is 0 Å². The van der Waals surface area contributed by atoms with E-state index in [-0.39, 0.29) is 0 Å². The molecule has 0 aliphatic rings. The SMILES string of the molecule is CC(C)(C)C.CC(C)(C)C.CC(C)(C)C.CC(C)(C)C.CC(C)(C)C.CC(C)(C)C.c1ccccc1.c1ccsc1.c1cncpc1. The second-order valence-corrected chi connectivity index (χ2v) is 22.5. The van der Waals surface area contributed by atoms with Crippen molar-refractivity contribution < 1.29 is 0 Å². The molecule has 0 saturated carbocycles. The second kappa shape index (κ2) is 31.7. The van der Waals surface area contributed by atoms with E-state index in [0.29, 0.717) is 32.5 Å². The molecule has 3 rings (SSSR count). The average molecular weight is 692 g/mol. The maximum Gasteiger partial charge on any atom is 0.0538 e. The monoisotopic (exact) mass is 692 g/mol. The quantitative estimate of drug-likeness (QED) is 0.229. The summed E-state index contributed by atoms with van der Waals surface area (Å²) in [5.74, 6) is 3.88. The van der Waals surface area contributed by atoms with Crippen LogP contribution in [0.3, 0.4) is 0 Å². The van der Waals surface area contributed by atoms with Crippen molar-refractivity contribution in [2.24, 2.45) is 32.5 Å². The number of rotatable bonds is 0. The van der Waals surface area contributed by atoms with Gasteiger partial charge in [-0.2, -0.15) is 11.3 Å². The number of thiophene rings is 1. The molecule has 0 aliphatic carbocycles. The topological polar surface area (TPSA) is 12.9 Å². The summed E-state index contributed by atoms with van der Waals surface area (Å²) in [5, 5.41) is 4.08. The molecule has 278 valence electrons. The molecule has 0 unspecified atom stereocenters. The van der Waals surface area contributed by atoms with Crippen LogP contribution in [0.5, 0.6) is 0 Å². The zero-order valence-corrected chi connectivity index (χ0v) is 38.1. The molecule has 47 heavy (non-hydrogen) atoms. The minimum atomic E-state index is 0.500. The van der Waals surface area contributed by atoms with E-state index in [4.69, 9.17) is 0 Å². The van der Waals surface area contributed by atoms with E-state index in [1.54, 1.807) is 17.5 Å². The molecule has 0 spiro atoms. The van der Waals surface area contributed by atoms with Crippen LogP contribution in [-0.2, 0) is 0 Å². The molecule has 0 N–H and O–H groups in total. The van der Waals surface area contributed by atoms with Gasteiger partial charge >= 0.3 is 0 Å². The lowest BCUT2D eigenvalue weighted by atomic mass is 10.0. The summed E-state index contributed by atoms with van der Waals surface area (Å²) in [6, 6.07) is 18.0. The number of nitrogens with zero attached hydrogens (tertiary/aromatic N) is 1. The summed E-state index contributed by atoms with van der Waals surface area (Å²) >= 11 is 1.71. The first-order chi connectivity index (χ1) is 20.5. The van der Waals surface area contributed by atoms with E-state index in [9.17, 15) is 0 Å². The normalized spacial score (nSPS) is 10.7. The Morgan fingerprint density at radius 3 is 0.617 bits per heavy atom. The second-order valence-electron chi connectivity index (χ2n) is 20.9. The van der Waals surface area contributed by atoms with Crippen molar-refractivity contribution in [3.05, 3.63) is 83.3 Å². The van der Waals surface area contributed by atoms with Gasteiger partial charge in [-0.05, 0) is 55.1 Å². The zero-order valence-electron chi connectivity index (χ0n) is 36.4. The predicted molar refractivity (Wildman–Crippen MR) is 228 cm³/mol. The lowest BCUT2D eigenvalue weighted by Gasteiger charge is -2.05. The maximum atomic E-state index is 3.83. The van der Waals surface area contributed by atoms with Gasteiger partial charge in [-0.1, -0.05) is 223 Å². The van der Waals surface area contributed by atoms with Crippen LogP contribution in [0.1, 0.15) is 166 Å². The molecule has 0 aliphatic heterocycles. The molecule has 3 heteroatoms. The molecule has 1 nitrogen and oxygen atoms in total. The zero-order chi connectivity index (χ0) is 39.0. The van der Waals surface area contributed by atoms with Gasteiger partial charge in [0, 0.05) is 6.20 Å². The molecule has 1 aromatic carbocycles. The van der Waals surface area contributed by atoms with Crippen LogP contribution in [0, 0.1) is 32.5 Å². The summed E-state index contributed by atoms with van der Waals surface area (Å²) < 4.78 is 0. The molecular weight excluding hydrogens is 606 g/mol. The fourth-order valence-corrected chi connectivity index (χ4v) is 1.73. The van der Waals surface area contributed by atoms with Gasteiger partial charge in [0.1, 0.15) is 0 Å². The van der Waals surface area contributed by atoms with Crippen LogP contribution in [0.25, 0.3) is 0 Å². The molecule has 2 aromatic heterocycles. The third kappa shape index (κ3) is 335. The lowest BCUT2D eigenvalue weighted by Crippen LogP contribution is -1.93. The van der Waals surface area contributed by atoms with E-state index in [1.165, 1.54) is 8.19 Å². The molecule has 3 aromatic rings. The Labute approximate surface area is 305 Å². The Kier molecular flexibility index (Phi) is 39.0. The highest BCUT2D eigenvalue weighted by atomic mass is 32.1. The molecule has 0 saturated heterocycles. The molecular formula is C44H86NPS. The van der Waals surface area contributed by atoms with Crippen molar-refractivity contribution in [2.75, 3.05) is 0 Å². The Balaban J connectivity index is -0.000000101. The van der Waals surface area contributed by atoms with Crippen molar-refractivity contribution in [3.63, 3.8) is 0 Å². The molecule has 0 fully saturated rings. The molecule has 0 atom stereocenters. The van der Waals surface area contributed by atoms with Crippen molar-refractivity contribution in [3.8, 4) is 0 Å². The Hall–Kier alpha value is -1.50. The van der Waals surface area contributed by atoms with E-state index in [0.717, 1.165) is 0 Å². The fourth-order valence-electron chi connectivity index (χ4n) is 0.865. The van der Waals surface area contributed by atoms with Gasteiger partial charge in [-0.15, -0.1) is 0 Å². The highest BCUT2D eigenvalue weighted by Gasteiger charge is 1.97. The van der Waals surface area contributed by atoms with Gasteiger partial charge in [-0.3, -0.25) is 4.98 Å². The van der Waals surface area contributed by atoms with Gasteiger partial charge in [-0.25, -0.2) is 0 Å². The van der Waals surface area contributed by atoms with Gasteiger partial charge < -0.3 is 0 Å². The van der Waals surface area contributed by atoms with Crippen LogP contribution in [0.4, 0.5) is 0 Å². The first-order valence-corrected chi connectivity index (χ1v) is 19.1. The van der Waals surface area contributed by atoms with Crippen molar-refractivity contribution in [2.45, 2.75) is 166 Å². The summed E-state index contributed by atoms with van der Waals surface area (Å²) in [7, 11) is 1.19. The molecule has 0 amide bonds. The van der Waals surface area contributed by atoms with Crippen LogP contribution in [0.15, 0.2) is 83.3 Å². The minimum absolute atomic E-state index is 0.500. The van der Waals surface area contributed by atoms with E-state index in [2.05, 4.69) is 171 Å². The first kappa shape index (κ1) is 57.7. The number of hydrogen-bond acceptors (Lipinski definition) is 2. The summed E-state index contributed by atoms with van der Waals surface area (Å²) in [6.45, 7) is 52.5. The fraction of sp³-hybridized carbons (Fsp3) is 0.682. The van der Waals surface area contributed by atoms with E-state index >= 15 is 0 Å². The third-order valence-corrected chi connectivity index (χ3v) is 2.81. The maximum absolute atomic E-state index is 3.83. The van der Waals surface area contributed by atoms with Crippen LogP contribution in [0.2, 0.25) is 0 Å². The summed E-state index contributed by atoms with van der Waals surface area (Å²) in [6.07, 6.45) is 1.77. The van der Waals surface area contributed by atoms with Gasteiger partial charge in [0.2, 0.25) is 0 Å². The highest BCUT2D eigenvalue weighted by molar-refractivity contribution is 7.27. The van der Waals surface area contributed by atoms with E-state index in [1.807, 2.05) is 77.1 Å². The first-order valence-electron chi connectivity index (χ1n) is 17.2. The predicted octanol–water partition coefficient (Wildman–Crippen LogP) is 17.4. The smallest absolute Gasteiger partial charge is 0.0538 e. The Morgan fingerprint density at radius 2 is 0.553 bits per heavy atom. The molecule has 0 radical (unpaired) electrons. The van der Waals surface area contributed by atoms with E-state index < -0.39 is 0 Å². The van der Waals surface area contributed by atoms with Crippen LogP contribution in [-0.4, -0.2) is 4.98 Å². The minimum Gasteiger partial charge on any atom is -0.260 e. The largest absolute Gasteiger partial charge is 0.260 e. The average Bonchev–Trinajstić information content (AvgIpc) is 3.36. The van der Waals surface area contributed by atoms with Gasteiger partial charge in [0.05, 0.1) is 5.93 Å². The lowest BCUT2D eigenvalue weighted by molar-refractivity contribution is 0.469. The van der Waals surface area contributed by atoms with Crippen LogP contribution >= 0.6 is 19.5 Å². The number of benzene rings is 1. The van der Waals surface area contributed by atoms with Crippen molar-refractivity contribution >= 4 is 19.5 Å². The molecule has 0 bridgehead atoms. The summed E-state index contributed by atoms with van der Waals surface area (Å²) in [4.78, 5) is 3.83. The van der Waals surface area contributed by atoms with Crippen molar-refractivity contribution in [1.82, 2.24) is 4.98 Å². The van der Waals surface area contributed by atoms with Crippen LogP contribution < -0.4 is 0 Å². The molecule has 2 heterocycles. The third-order valence-electron chi connectivity index (χ3n) is 1.57. The highest BCUT2D eigenvalue weighted by Crippen LogP contribution is 2.10.